The molecular weight excluding hydrogens is 394 g/mol. The first kappa shape index (κ1) is 18.8. The molecule has 0 atom stereocenters. The molecule has 156 valence electrons. The van der Waals surface area contributed by atoms with Crippen LogP contribution in [0.15, 0.2) is 18.6 Å². The summed E-state index contributed by atoms with van der Waals surface area (Å²) in [4.78, 5) is 25.0. The number of hydrogen-bond acceptors (Lipinski definition) is 7. The predicted molar refractivity (Wildman–Crippen MR) is 106 cm³/mol. The van der Waals surface area contributed by atoms with Crippen molar-refractivity contribution in [3.05, 3.63) is 24.4 Å². The topological polar surface area (TPSA) is 117 Å². The minimum Gasteiger partial charge on any atom is -0.390 e. The van der Waals surface area contributed by atoms with Gasteiger partial charge in [-0.05, 0) is 26.7 Å². The van der Waals surface area contributed by atoms with Crippen LogP contribution in [-0.4, -0.2) is 57.6 Å². The molecule has 4 aromatic heterocycles. The number of nitrogens with one attached hydrogen (secondary N) is 2. The fourth-order valence-corrected chi connectivity index (χ4v) is 3.96. The van der Waals surface area contributed by atoms with E-state index in [2.05, 4.69) is 35.2 Å². The summed E-state index contributed by atoms with van der Waals surface area (Å²) in [5, 5.41) is 13.8. The van der Waals surface area contributed by atoms with Crippen molar-refractivity contribution in [1.82, 2.24) is 34.5 Å². The summed E-state index contributed by atoms with van der Waals surface area (Å²) in [5.74, 6) is 0.916. The number of aromatic amines is 1. The van der Waals surface area contributed by atoms with Gasteiger partial charge < -0.3 is 20.0 Å². The second kappa shape index (κ2) is 6.66. The Morgan fingerprint density at radius 1 is 1.27 bits per heavy atom. The van der Waals surface area contributed by atoms with E-state index in [-0.39, 0.29) is 6.04 Å². The molecule has 11 heteroatoms. The average Bonchev–Trinajstić information content (AvgIpc) is 3.20. The van der Waals surface area contributed by atoms with Crippen molar-refractivity contribution in [2.24, 2.45) is 0 Å². The molecule has 0 bridgehead atoms. The summed E-state index contributed by atoms with van der Waals surface area (Å²) in [6.45, 7) is 2.97. The zero-order chi connectivity index (χ0) is 21.0. The molecule has 1 aliphatic rings. The van der Waals surface area contributed by atoms with Gasteiger partial charge in [0.05, 0.1) is 24.0 Å². The third-order valence-corrected chi connectivity index (χ3v) is 5.38. The van der Waals surface area contributed by atoms with E-state index < -0.39 is 18.6 Å². The summed E-state index contributed by atoms with van der Waals surface area (Å²) < 4.78 is 27.3. The Morgan fingerprint density at radius 2 is 2.07 bits per heavy atom. The number of aliphatic hydroxyl groups is 1. The maximum Gasteiger partial charge on any atom is 0.256 e. The molecule has 0 aliphatic heterocycles. The number of rotatable bonds is 5. The fourth-order valence-electron chi connectivity index (χ4n) is 3.96. The molecule has 5 rings (SSSR count). The molecule has 0 saturated heterocycles. The zero-order valence-corrected chi connectivity index (χ0v) is 16.4. The third kappa shape index (κ3) is 3.24. The van der Waals surface area contributed by atoms with E-state index in [4.69, 9.17) is 0 Å². The minimum absolute atomic E-state index is 0.138. The molecule has 1 saturated carbocycles. The van der Waals surface area contributed by atoms with Crippen LogP contribution in [0.2, 0.25) is 0 Å². The van der Waals surface area contributed by atoms with Crippen molar-refractivity contribution in [2.45, 2.75) is 51.3 Å². The van der Waals surface area contributed by atoms with Crippen LogP contribution in [0.25, 0.3) is 33.6 Å². The summed E-state index contributed by atoms with van der Waals surface area (Å²) in [6, 6.07) is 0.138. The number of aryl methyl sites for hydroxylation is 1. The lowest BCUT2D eigenvalue weighted by molar-refractivity contribution is -0.0235. The maximum absolute atomic E-state index is 13.0. The van der Waals surface area contributed by atoms with E-state index in [9.17, 15) is 13.9 Å². The van der Waals surface area contributed by atoms with Crippen LogP contribution in [0.4, 0.5) is 14.7 Å². The van der Waals surface area contributed by atoms with Gasteiger partial charge in [0.25, 0.3) is 6.43 Å². The number of alkyl halides is 2. The molecule has 9 nitrogen and oxygen atoms in total. The van der Waals surface area contributed by atoms with Crippen molar-refractivity contribution in [2.75, 3.05) is 5.32 Å². The summed E-state index contributed by atoms with van der Waals surface area (Å²) in [6.07, 6.45) is 3.76. The molecule has 0 amide bonds. The normalized spacial score (nSPS) is 21.5. The largest absolute Gasteiger partial charge is 0.390 e. The number of halogens is 2. The van der Waals surface area contributed by atoms with Gasteiger partial charge in [0.1, 0.15) is 11.5 Å². The summed E-state index contributed by atoms with van der Waals surface area (Å²) in [7, 11) is 0. The standard InChI is InChI=1S/C19H20F2N8O/c1-9-25-16-17(29(9)8-14(20)21)27-13(7-23-16)11-5-22-15-12(11)6-24-18(28-15)26-10-3-19(2,30)4-10/h5-7,10,14,30H,3-4,8H2,1-2H3,(H2,22,24,26,28)/t10-,19+. The second-order valence-electron chi connectivity index (χ2n) is 7.97. The van der Waals surface area contributed by atoms with E-state index >= 15 is 0 Å². The van der Waals surface area contributed by atoms with Crippen LogP contribution >= 0.6 is 0 Å². The Hall–Kier alpha value is -3.21. The van der Waals surface area contributed by atoms with Gasteiger partial charge in [-0.25, -0.2) is 28.7 Å². The van der Waals surface area contributed by atoms with Crippen molar-refractivity contribution < 1.29 is 13.9 Å². The Kier molecular flexibility index (Phi) is 4.17. The highest BCUT2D eigenvalue weighted by atomic mass is 19.3. The van der Waals surface area contributed by atoms with Crippen LogP contribution < -0.4 is 5.32 Å². The fraction of sp³-hybridized carbons (Fsp3) is 0.421. The Morgan fingerprint density at radius 3 is 2.80 bits per heavy atom. The van der Waals surface area contributed by atoms with Gasteiger partial charge in [-0.3, -0.25) is 0 Å². The van der Waals surface area contributed by atoms with E-state index in [1.165, 1.54) is 4.57 Å². The predicted octanol–water partition coefficient (Wildman–Crippen LogP) is 2.66. The Balaban J connectivity index is 1.48. The number of imidazole rings is 1. The number of fused-ring (bicyclic) bond motifs is 2. The number of hydrogen-bond donors (Lipinski definition) is 3. The first-order valence-electron chi connectivity index (χ1n) is 9.60. The lowest BCUT2D eigenvalue weighted by Gasteiger charge is -2.41. The van der Waals surface area contributed by atoms with Gasteiger partial charge in [-0.2, -0.15) is 4.98 Å². The second-order valence-corrected chi connectivity index (χ2v) is 7.97. The van der Waals surface area contributed by atoms with Gasteiger partial charge >= 0.3 is 0 Å². The van der Waals surface area contributed by atoms with Gasteiger partial charge in [0.15, 0.2) is 11.3 Å². The van der Waals surface area contributed by atoms with Crippen LogP contribution in [0.1, 0.15) is 25.6 Å². The molecule has 1 aliphatic carbocycles. The average molecular weight is 414 g/mol. The van der Waals surface area contributed by atoms with Crippen molar-refractivity contribution in [1.29, 1.82) is 0 Å². The minimum atomic E-state index is -2.52. The quantitative estimate of drug-likeness (QED) is 0.460. The first-order valence-corrected chi connectivity index (χ1v) is 9.60. The highest BCUT2D eigenvalue weighted by Crippen LogP contribution is 2.33. The molecule has 0 aromatic carbocycles. The zero-order valence-electron chi connectivity index (χ0n) is 16.4. The van der Waals surface area contributed by atoms with E-state index in [1.54, 1.807) is 32.4 Å². The lowest BCUT2D eigenvalue weighted by atomic mass is 9.77. The van der Waals surface area contributed by atoms with Crippen molar-refractivity contribution in [3.63, 3.8) is 0 Å². The molecule has 1 fully saturated rings. The first-order chi connectivity index (χ1) is 14.3. The number of H-pyrrole nitrogens is 1. The third-order valence-electron chi connectivity index (χ3n) is 5.38. The van der Waals surface area contributed by atoms with E-state index in [0.29, 0.717) is 47.2 Å². The molecule has 0 unspecified atom stereocenters. The number of nitrogens with zero attached hydrogens (tertiary/aromatic N) is 6. The van der Waals surface area contributed by atoms with Gasteiger partial charge in [0, 0.05) is 29.4 Å². The van der Waals surface area contributed by atoms with Crippen LogP contribution in [0.3, 0.4) is 0 Å². The molecule has 4 aromatic rings. The van der Waals surface area contributed by atoms with Gasteiger partial charge in [0.2, 0.25) is 5.95 Å². The number of anilines is 1. The van der Waals surface area contributed by atoms with Gasteiger partial charge in [-0.1, -0.05) is 0 Å². The Bertz CT molecular complexity index is 1240. The SMILES string of the molecule is Cc1nc2ncc(-c3c[nH]c4nc(N[C@H]5C[C@@](C)(O)C5)ncc34)nc2n1CC(F)F. The highest BCUT2D eigenvalue weighted by Gasteiger charge is 2.38. The smallest absolute Gasteiger partial charge is 0.256 e. The van der Waals surface area contributed by atoms with E-state index in [0.717, 1.165) is 10.9 Å². The number of aromatic nitrogens is 7. The van der Waals surface area contributed by atoms with Gasteiger partial charge in [-0.15, -0.1) is 0 Å². The summed E-state index contributed by atoms with van der Waals surface area (Å²) >= 11 is 0. The lowest BCUT2D eigenvalue weighted by Crippen LogP contribution is -2.48. The Labute approximate surface area is 169 Å². The van der Waals surface area contributed by atoms with E-state index in [1.807, 2.05) is 0 Å². The molecule has 3 N–H and O–H groups in total. The van der Waals surface area contributed by atoms with Crippen LogP contribution in [0, 0.1) is 6.92 Å². The van der Waals surface area contributed by atoms with Crippen LogP contribution in [-0.2, 0) is 6.54 Å². The molecule has 0 radical (unpaired) electrons. The molecule has 4 heterocycles. The monoisotopic (exact) mass is 414 g/mol. The van der Waals surface area contributed by atoms with Crippen molar-refractivity contribution >= 4 is 28.3 Å². The van der Waals surface area contributed by atoms with Crippen molar-refractivity contribution in [3.8, 4) is 11.3 Å². The maximum atomic E-state index is 13.0. The molecular formula is C19H20F2N8O. The molecule has 30 heavy (non-hydrogen) atoms. The summed E-state index contributed by atoms with van der Waals surface area (Å²) in [5.41, 5.74) is 1.87. The highest BCUT2D eigenvalue weighted by molar-refractivity contribution is 5.93. The molecule has 0 spiro atoms. The van der Waals surface area contributed by atoms with Crippen LogP contribution in [0.5, 0.6) is 0 Å².